The summed E-state index contributed by atoms with van der Waals surface area (Å²) in [6, 6.07) is 6.16. The lowest BCUT2D eigenvalue weighted by Gasteiger charge is -1.89. The van der Waals surface area contributed by atoms with Gasteiger partial charge in [-0.3, -0.25) is 0 Å². The molecule has 0 spiro atoms. The van der Waals surface area contributed by atoms with Crippen LogP contribution < -0.4 is 5.73 Å². The molecular weight excluding hydrogens is 165 g/mol. The van der Waals surface area contributed by atoms with Gasteiger partial charge in [0.1, 0.15) is 5.82 Å². The fourth-order valence-electron chi connectivity index (χ4n) is 0.888. The number of halogens is 1. The second-order valence-electron chi connectivity index (χ2n) is 2.70. The quantitative estimate of drug-likeness (QED) is 0.542. The first-order chi connectivity index (χ1) is 6.33. The van der Waals surface area contributed by atoms with Crippen LogP contribution in [0.5, 0.6) is 0 Å². The number of unbranched alkanes of at least 4 members (excludes halogenated alkanes) is 1. The highest BCUT2D eigenvalue weighted by Crippen LogP contribution is 2.00. The first kappa shape index (κ1) is 9.76. The van der Waals surface area contributed by atoms with Crippen LogP contribution in [-0.2, 0) is 0 Å². The standard InChI is InChI=1S/C11H12FN/c12-11-7-5-10(6-8-11)4-2-1-3-9-13/h5-8H,1,3,9,13H2. The molecule has 0 fully saturated rings. The van der Waals surface area contributed by atoms with E-state index in [2.05, 4.69) is 11.8 Å². The lowest BCUT2D eigenvalue weighted by Crippen LogP contribution is -1.96. The maximum atomic E-state index is 12.5. The van der Waals surface area contributed by atoms with E-state index in [1.165, 1.54) is 12.1 Å². The second-order valence-corrected chi connectivity index (χ2v) is 2.70. The summed E-state index contributed by atoms with van der Waals surface area (Å²) >= 11 is 0. The van der Waals surface area contributed by atoms with Gasteiger partial charge in [-0.25, -0.2) is 4.39 Å². The van der Waals surface area contributed by atoms with Crippen molar-refractivity contribution in [3.05, 3.63) is 35.6 Å². The minimum atomic E-state index is -0.229. The third kappa shape index (κ3) is 3.73. The van der Waals surface area contributed by atoms with Gasteiger partial charge in [-0.2, -0.15) is 0 Å². The summed E-state index contributed by atoms with van der Waals surface area (Å²) in [5, 5.41) is 0. The van der Waals surface area contributed by atoms with Crippen LogP contribution in [0.3, 0.4) is 0 Å². The highest BCUT2D eigenvalue weighted by Gasteiger charge is 1.87. The Hall–Kier alpha value is -1.33. The first-order valence-corrected chi connectivity index (χ1v) is 4.27. The Morgan fingerprint density at radius 2 is 1.92 bits per heavy atom. The van der Waals surface area contributed by atoms with Crippen LogP contribution in [0.25, 0.3) is 0 Å². The average Bonchev–Trinajstić information content (AvgIpc) is 2.15. The van der Waals surface area contributed by atoms with Gasteiger partial charge in [-0.1, -0.05) is 11.8 Å². The SMILES string of the molecule is NCCCC#Cc1ccc(F)cc1. The van der Waals surface area contributed by atoms with E-state index in [4.69, 9.17) is 5.73 Å². The zero-order valence-corrected chi connectivity index (χ0v) is 7.39. The molecule has 68 valence electrons. The maximum Gasteiger partial charge on any atom is 0.123 e. The minimum absolute atomic E-state index is 0.229. The molecule has 0 saturated carbocycles. The van der Waals surface area contributed by atoms with E-state index in [9.17, 15) is 4.39 Å². The summed E-state index contributed by atoms with van der Waals surface area (Å²) in [5.41, 5.74) is 6.16. The Morgan fingerprint density at radius 3 is 2.54 bits per heavy atom. The number of hydrogen-bond donors (Lipinski definition) is 1. The molecule has 1 aromatic carbocycles. The van der Waals surface area contributed by atoms with Crippen LogP contribution in [0, 0.1) is 17.7 Å². The van der Waals surface area contributed by atoms with Gasteiger partial charge >= 0.3 is 0 Å². The molecule has 0 bridgehead atoms. The average molecular weight is 177 g/mol. The maximum absolute atomic E-state index is 12.5. The van der Waals surface area contributed by atoms with E-state index >= 15 is 0 Å². The summed E-state index contributed by atoms with van der Waals surface area (Å²) in [6.45, 7) is 0.665. The molecule has 2 N–H and O–H groups in total. The van der Waals surface area contributed by atoms with Crippen LogP contribution in [0.15, 0.2) is 24.3 Å². The normalized spacial score (nSPS) is 9.08. The monoisotopic (exact) mass is 177 g/mol. The lowest BCUT2D eigenvalue weighted by molar-refractivity contribution is 0.627. The molecule has 0 aliphatic rings. The predicted octanol–water partition coefficient (Wildman–Crippen LogP) is 1.92. The summed E-state index contributed by atoms with van der Waals surface area (Å²) in [5.74, 6) is 5.67. The van der Waals surface area contributed by atoms with Gasteiger partial charge in [0, 0.05) is 12.0 Å². The van der Waals surface area contributed by atoms with Crippen molar-refractivity contribution in [2.45, 2.75) is 12.8 Å². The molecule has 0 saturated heterocycles. The molecular formula is C11H12FN. The van der Waals surface area contributed by atoms with Crippen molar-refractivity contribution in [2.24, 2.45) is 5.73 Å². The predicted molar refractivity (Wildman–Crippen MR) is 51.6 cm³/mol. The van der Waals surface area contributed by atoms with Gasteiger partial charge in [0.15, 0.2) is 0 Å². The smallest absolute Gasteiger partial charge is 0.123 e. The van der Waals surface area contributed by atoms with E-state index in [1.54, 1.807) is 12.1 Å². The van der Waals surface area contributed by atoms with E-state index < -0.39 is 0 Å². The van der Waals surface area contributed by atoms with E-state index in [-0.39, 0.29) is 5.82 Å². The van der Waals surface area contributed by atoms with Gasteiger partial charge in [0.2, 0.25) is 0 Å². The molecule has 1 nitrogen and oxygen atoms in total. The molecule has 1 aromatic rings. The number of benzene rings is 1. The highest BCUT2D eigenvalue weighted by atomic mass is 19.1. The van der Waals surface area contributed by atoms with Crippen LogP contribution in [0.4, 0.5) is 4.39 Å². The summed E-state index contributed by atoms with van der Waals surface area (Å²) in [4.78, 5) is 0. The molecule has 0 amide bonds. The van der Waals surface area contributed by atoms with Crippen LogP contribution in [0.2, 0.25) is 0 Å². The van der Waals surface area contributed by atoms with E-state index in [0.717, 1.165) is 18.4 Å². The zero-order valence-electron chi connectivity index (χ0n) is 7.39. The Bertz CT molecular complexity index is 305. The van der Waals surface area contributed by atoms with E-state index in [1.807, 2.05) is 0 Å². The van der Waals surface area contributed by atoms with Crippen molar-refractivity contribution in [3.63, 3.8) is 0 Å². The number of hydrogen-bond acceptors (Lipinski definition) is 1. The minimum Gasteiger partial charge on any atom is -0.330 e. The van der Waals surface area contributed by atoms with Crippen molar-refractivity contribution in [1.82, 2.24) is 0 Å². The fourth-order valence-corrected chi connectivity index (χ4v) is 0.888. The molecule has 0 atom stereocenters. The third-order valence-corrected chi connectivity index (χ3v) is 1.58. The molecule has 0 aliphatic heterocycles. The summed E-state index contributed by atoms with van der Waals surface area (Å²) in [6.07, 6.45) is 1.71. The van der Waals surface area contributed by atoms with Gasteiger partial charge in [-0.15, -0.1) is 0 Å². The van der Waals surface area contributed by atoms with Crippen molar-refractivity contribution in [2.75, 3.05) is 6.54 Å². The van der Waals surface area contributed by atoms with Gasteiger partial charge in [0.25, 0.3) is 0 Å². The van der Waals surface area contributed by atoms with Crippen molar-refractivity contribution < 1.29 is 4.39 Å². The molecule has 13 heavy (non-hydrogen) atoms. The fraction of sp³-hybridized carbons (Fsp3) is 0.273. The Balaban J connectivity index is 2.52. The molecule has 2 heteroatoms. The third-order valence-electron chi connectivity index (χ3n) is 1.58. The molecule has 0 aliphatic carbocycles. The van der Waals surface area contributed by atoms with Crippen LogP contribution in [-0.4, -0.2) is 6.54 Å². The summed E-state index contributed by atoms with van der Waals surface area (Å²) in [7, 11) is 0. The molecule has 0 unspecified atom stereocenters. The van der Waals surface area contributed by atoms with Crippen molar-refractivity contribution >= 4 is 0 Å². The Labute approximate surface area is 77.8 Å². The Kier molecular flexibility index (Phi) is 4.01. The van der Waals surface area contributed by atoms with Crippen LogP contribution in [0.1, 0.15) is 18.4 Å². The van der Waals surface area contributed by atoms with Gasteiger partial charge < -0.3 is 5.73 Å². The number of nitrogens with two attached hydrogens (primary N) is 1. The second kappa shape index (κ2) is 5.34. The molecule has 0 aromatic heterocycles. The van der Waals surface area contributed by atoms with Crippen LogP contribution >= 0.6 is 0 Å². The summed E-state index contributed by atoms with van der Waals surface area (Å²) < 4.78 is 12.5. The van der Waals surface area contributed by atoms with Crippen molar-refractivity contribution in [1.29, 1.82) is 0 Å². The van der Waals surface area contributed by atoms with Gasteiger partial charge in [0.05, 0.1) is 0 Å². The van der Waals surface area contributed by atoms with Crippen molar-refractivity contribution in [3.8, 4) is 11.8 Å². The highest BCUT2D eigenvalue weighted by molar-refractivity contribution is 5.33. The first-order valence-electron chi connectivity index (χ1n) is 4.27. The number of rotatable bonds is 2. The van der Waals surface area contributed by atoms with Gasteiger partial charge in [-0.05, 0) is 37.2 Å². The zero-order chi connectivity index (χ0) is 9.52. The molecule has 1 rings (SSSR count). The largest absolute Gasteiger partial charge is 0.330 e. The van der Waals surface area contributed by atoms with E-state index in [0.29, 0.717) is 6.54 Å². The molecule has 0 radical (unpaired) electrons. The molecule has 0 heterocycles. The Morgan fingerprint density at radius 1 is 1.23 bits per heavy atom. The topological polar surface area (TPSA) is 26.0 Å². The lowest BCUT2D eigenvalue weighted by atomic mass is 10.2.